The van der Waals surface area contributed by atoms with Gasteiger partial charge in [0.2, 0.25) is 0 Å². The molecule has 2 aromatic rings. The highest BCUT2D eigenvalue weighted by atomic mass is 32.1. The zero-order chi connectivity index (χ0) is 14.6. The van der Waals surface area contributed by atoms with Crippen LogP contribution in [0, 0.1) is 11.3 Å². The number of imidazole rings is 1. The number of hydrogen-bond acceptors (Lipinski definition) is 3. The first-order chi connectivity index (χ1) is 9.52. The van der Waals surface area contributed by atoms with E-state index in [9.17, 15) is 0 Å². The topological polar surface area (TPSA) is 29.3 Å². The molecule has 2 aromatic heterocycles. The molecule has 0 aliphatic heterocycles. The van der Waals surface area contributed by atoms with Gasteiger partial charge in [-0.25, -0.2) is 4.98 Å². The number of aromatic nitrogens is 2. The van der Waals surface area contributed by atoms with Crippen LogP contribution in [0.4, 0.5) is 0 Å². The summed E-state index contributed by atoms with van der Waals surface area (Å²) in [4.78, 5) is 5.84. The molecule has 0 radical (unpaired) electrons. The van der Waals surface area contributed by atoms with E-state index in [0.717, 1.165) is 24.5 Å². The lowest BCUT2D eigenvalue weighted by Crippen LogP contribution is -2.35. The van der Waals surface area contributed by atoms with Crippen LogP contribution in [-0.4, -0.2) is 22.5 Å². The van der Waals surface area contributed by atoms with Gasteiger partial charge in [0.05, 0.1) is 5.69 Å². The van der Waals surface area contributed by atoms with E-state index in [0.29, 0.717) is 11.3 Å². The Labute approximate surface area is 126 Å². The number of thiazole rings is 1. The average Bonchev–Trinajstić information content (AvgIpc) is 2.88. The third-order valence-electron chi connectivity index (χ3n) is 3.71. The minimum Gasteiger partial charge on any atom is -0.316 e. The highest BCUT2D eigenvalue weighted by molar-refractivity contribution is 7.15. The van der Waals surface area contributed by atoms with E-state index < -0.39 is 0 Å². The normalized spacial score (nSPS) is 15.1. The lowest BCUT2D eigenvalue weighted by atomic mass is 9.81. The molecule has 112 valence electrons. The van der Waals surface area contributed by atoms with Gasteiger partial charge in [0.25, 0.3) is 0 Å². The Morgan fingerprint density at radius 2 is 2.25 bits per heavy atom. The van der Waals surface area contributed by atoms with Crippen molar-refractivity contribution >= 4 is 16.3 Å². The molecule has 1 atom stereocenters. The molecule has 4 heteroatoms. The van der Waals surface area contributed by atoms with Crippen molar-refractivity contribution in [3.8, 4) is 0 Å². The van der Waals surface area contributed by atoms with Gasteiger partial charge in [0.1, 0.15) is 0 Å². The van der Waals surface area contributed by atoms with E-state index >= 15 is 0 Å². The zero-order valence-corrected chi connectivity index (χ0v) is 14.0. The van der Waals surface area contributed by atoms with Gasteiger partial charge >= 0.3 is 0 Å². The third kappa shape index (κ3) is 4.06. The molecule has 1 N–H and O–H groups in total. The summed E-state index contributed by atoms with van der Waals surface area (Å²) < 4.78 is 2.13. The van der Waals surface area contributed by atoms with Crippen LogP contribution in [0.15, 0.2) is 17.8 Å². The van der Waals surface area contributed by atoms with Crippen LogP contribution in [-0.2, 0) is 6.42 Å². The van der Waals surface area contributed by atoms with Gasteiger partial charge in [-0.15, -0.1) is 11.3 Å². The smallest absolute Gasteiger partial charge is 0.193 e. The van der Waals surface area contributed by atoms with Gasteiger partial charge in [-0.05, 0) is 30.7 Å². The largest absolute Gasteiger partial charge is 0.316 e. The first kappa shape index (κ1) is 15.5. The SMILES string of the molecule is CCCC(C)(CNCC(C)C)Cc1cn2ccsc2n1. The van der Waals surface area contributed by atoms with Crippen LogP contribution in [0.25, 0.3) is 4.96 Å². The first-order valence-corrected chi connectivity index (χ1v) is 8.52. The monoisotopic (exact) mass is 293 g/mol. The van der Waals surface area contributed by atoms with Crippen molar-refractivity contribution in [1.29, 1.82) is 0 Å². The maximum Gasteiger partial charge on any atom is 0.193 e. The van der Waals surface area contributed by atoms with Crippen molar-refractivity contribution in [1.82, 2.24) is 14.7 Å². The van der Waals surface area contributed by atoms with Gasteiger partial charge in [-0.2, -0.15) is 0 Å². The summed E-state index contributed by atoms with van der Waals surface area (Å²) in [7, 11) is 0. The minimum absolute atomic E-state index is 0.299. The number of fused-ring (bicyclic) bond motifs is 1. The Bertz CT molecular complexity index is 500. The highest BCUT2D eigenvalue weighted by Gasteiger charge is 2.25. The minimum atomic E-state index is 0.299. The summed E-state index contributed by atoms with van der Waals surface area (Å²) in [5, 5.41) is 5.71. The molecule has 2 rings (SSSR count). The molecular weight excluding hydrogens is 266 g/mol. The standard InChI is InChI=1S/C16H27N3S/c1-5-6-16(4,12-17-10-13(2)3)9-14-11-19-7-8-20-15(19)18-14/h7-8,11,13,17H,5-6,9-10,12H2,1-4H3. The molecule has 0 amide bonds. The Hall–Kier alpha value is -0.870. The van der Waals surface area contributed by atoms with E-state index in [1.54, 1.807) is 11.3 Å². The van der Waals surface area contributed by atoms with Gasteiger partial charge in [-0.3, -0.25) is 4.40 Å². The number of nitrogens with zero attached hydrogens (tertiary/aromatic N) is 2. The van der Waals surface area contributed by atoms with Crippen LogP contribution in [0.3, 0.4) is 0 Å². The molecule has 0 aliphatic carbocycles. The second-order valence-corrected chi connectivity index (χ2v) is 7.46. The van der Waals surface area contributed by atoms with Gasteiger partial charge < -0.3 is 5.32 Å². The molecular formula is C16H27N3S. The van der Waals surface area contributed by atoms with Crippen molar-refractivity contribution in [3.05, 3.63) is 23.5 Å². The lowest BCUT2D eigenvalue weighted by molar-refractivity contribution is 0.269. The second kappa shape index (κ2) is 6.72. The maximum absolute atomic E-state index is 4.74. The molecule has 0 fully saturated rings. The summed E-state index contributed by atoms with van der Waals surface area (Å²) >= 11 is 1.71. The predicted octanol–water partition coefficient (Wildman–Crippen LogP) is 3.99. The van der Waals surface area contributed by atoms with Gasteiger partial charge in [0, 0.05) is 24.3 Å². The van der Waals surface area contributed by atoms with Crippen LogP contribution in [0.2, 0.25) is 0 Å². The summed E-state index contributed by atoms with van der Waals surface area (Å²) in [5.41, 5.74) is 1.52. The average molecular weight is 293 g/mol. The molecule has 0 saturated carbocycles. The first-order valence-electron chi connectivity index (χ1n) is 7.64. The molecule has 1 unspecified atom stereocenters. The molecule has 20 heavy (non-hydrogen) atoms. The molecule has 0 spiro atoms. The molecule has 0 bridgehead atoms. The van der Waals surface area contributed by atoms with Crippen molar-refractivity contribution < 1.29 is 0 Å². The Morgan fingerprint density at radius 3 is 2.90 bits per heavy atom. The Morgan fingerprint density at radius 1 is 1.45 bits per heavy atom. The second-order valence-electron chi connectivity index (χ2n) is 6.59. The van der Waals surface area contributed by atoms with Crippen LogP contribution < -0.4 is 5.32 Å². The lowest BCUT2D eigenvalue weighted by Gasteiger charge is -2.29. The van der Waals surface area contributed by atoms with Gasteiger partial charge in [-0.1, -0.05) is 34.1 Å². The number of rotatable bonds is 8. The summed E-state index contributed by atoms with van der Waals surface area (Å²) in [6.07, 6.45) is 7.79. The predicted molar refractivity (Wildman–Crippen MR) is 87.5 cm³/mol. The van der Waals surface area contributed by atoms with E-state index in [4.69, 9.17) is 4.98 Å². The fourth-order valence-electron chi connectivity index (χ4n) is 2.80. The van der Waals surface area contributed by atoms with Crippen molar-refractivity contribution in [3.63, 3.8) is 0 Å². The van der Waals surface area contributed by atoms with E-state index in [1.165, 1.54) is 18.5 Å². The van der Waals surface area contributed by atoms with E-state index in [1.807, 2.05) is 0 Å². The van der Waals surface area contributed by atoms with Crippen LogP contribution >= 0.6 is 11.3 Å². The maximum atomic E-state index is 4.74. The number of hydrogen-bond donors (Lipinski definition) is 1. The summed E-state index contributed by atoms with van der Waals surface area (Å²) in [6, 6.07) is 0. The zero-order valence-electron chi connectivity index (χ0n) is 13.1. The van der Waals surface area contributed by atoms with E-state index in [2.05, 4.69) is 55.2 Å². The summed E-state index contributed by atoms with van der Waals surface area (Å²) in [6.45, 7) is 11.3. The van der Waals surface area contributed by atoms with Crippen molar-refractivity contribution in [2.45, 2.75) is 47.0 Å². The molecule has 0 aromatic carbocycles. The quantitative estimate of drug-likeness (QED) is 0.797. The third-order valence-corrected chi connectivity index (χ3v) is 4.48. The number of nitrogens with one attached hydrogen (secondary N) is 1. The van der Waals surface area contributed by atoms with Gasteiger partial charge in [0.15, 0.2) is 4.96 Å². The fourth-order valence-corrected chi connectivity index (χ4v) is 3.52. The fraction of sp³-hybridized carbons (Fsp3) is 0.688. The highest BCUT2D eigenvalue weighted by Crippen LogP contribution is 2.28. The summed E-state index contributed by atoms with van der Waals surface area (Å²) in [5.74, 6) is 0.707. The van der Waals surface area contributed by atoms with Crippen LogP contribution in [0.1, 0.15) is 46.2 Å². The molecule has 3 nitrogen and oxygen atoms in total. The molecule has 2 heterocycles. The van der Waals surface area contributed by atoms with Crippen LogP contribution in [0.5, 0.6) is 0 Å². The van der Waals surface area contributed by atoms with E-state index in [-0.39, 0.29) is 0 Å². The Kier molecular flexibility index (Phi) is 5.22. The van der Waals surface area contributed by atoms with Crippen molar-refractivity contribution in [2.75, 3.05) is 13.1 Å². The Balaban J connectivity index is 2.01. The molecule has 0 saturated heterocycles. The van der Waals surface area contributed by atoms with Crippen molar-refractivity contribution in [2.24, 2.45) is 11.3 Å². The molecule has 0 aliphatic rings.